The van der Waals surface area contributed by atoms with Crippen LogP contribution in [-0.4, -0.2) is 51.7 Å². The molecule has 164 valence electrons. The average molecular weight is 439 g/mol. The highest BCUT2D eigenvalue weighted by atomic mass is 28.3. The van der Waals surface area contributed by atoms with Crippen molar-refractivity contribution in [3.63, 3.8) is 0 Å². The first-order valence-corrected chi connectivity index (χ1v) is 14.5. The van der Waals surface area contributed by atoms with Crippen LogP contribution in [-0.2, 0) is 22.8 Å². The maximum atomic E-state index is 11.9. The van der Waals surface area contributed by atoms with Crippen LogP contribution in [0.25, 0.3) is 22.6 Å². The van der Waals surface area contributed by atoms with Crippen molar-refractivity contribution >= 4 is 25.1 Å². The van der Waals surface area contributed by atoms with Gasteiger partial charge in [0.2, 0.25) is 5.91 Å². The van der Waals surface area contributed by atoms with E-state index in [-0.39, 0.29) is 11.7 Å². The Balaban J connectivity index is 1.59. The van der Waals surface area contributed by atoms with Crippen LogP contribution in [0, 0.1) is 0 Å². The number of phenols is 1. The number of aromatic nitrogens is 3. The van der Waals surface area contributed by atoms with Gasteiger partial charge in [-0.05, 0) is 30.7 Å². The summed E-state index contributed by atoms with van der Waals surface area (Å²) in [4.78, 5) is 23.0. The lowest BCUT2D eigenvalue weighted by Gasteiger charge is -2.17. The summed E-state index contributed by atoms with van der Waals surface area (Å²) in [6, 6.07) is 10.4. The Labute approximate surface area is 183 Å². The van der Waals surface area contributed by atoms with Crippen molar-refractivity contribution in [1.82, 2.24) is 19.4 Å². The zero-order chi connectivity index (χ0) is 22.0. The molecule has 1 saturated heterocycles. The molecule has 1 amide bonds. The van der Waals surface area contributed by atoms with Crippen molar-refractivity contribution in [3.8, 4) is 17.1 Å². The molecule has 0 saturated carbocycles. The van der Waals surface area contributed by atoms with Crippen LogP contribution in [0.1, 0.15) is 18.4 Å². The lowest BCUT2D eigenvalue weighted by molar-refractivity contribution is -0.128. The van der Waals surface area contributed by atoms with Crippen molar-refractivity contribution < 1.29 is 14.6 Å². The van der Waals surface area contributed by atoms with Gasteiger partial charge in [0.05, 0.1) is 0 Å². The number of carbonyl (C=O) groups excluding carboxylic acids is 1. The standard InChI is InChI=1S/C23H30N4O3Si/c1-31(2,3)13-12-30-16-27-22(25-19-6-4-10-24-23(19)27)17-8-9-18(20(28)14-17)15-26-11-5-7-21(26)29/h4,6,8-10,14,28H,5,7,11-13,15-16H2,1-3H3. The number of rotatable bonds is 8. The first-order valence-electron chi connectivity index (χ1n) is 10.8. The predicted molar refractivity (Wildman–Crippen MR) is 123 cm³/mol. The average Bonchev–Trinajstić information content (AvgIpc) is 3.29. The number of phenolic OH excluding ortho intramolecular Hbond substituents is 1. The van der Waals surface area contributed by atoms with Crippen LogP contribution in [0.5, 0.6) is 5.75 Å². The van der Waals surface area contributed by atoms with E-state index in [9.17, 15) is 9.90 Å². The number of likely N-dealkylation sites (tertiary alicyclic amines) is 1. The minimum atomic E-state index is -1.17. The molecule has 1 aromatic carbocycles. The Hall–Kier alpha value is -2.71. The smallest absolute Gasteiger partial charge is 0.222 e. The zero-order valence-corrected chi connectivity index (χ0v) is 19.5. The number of pyridine rings is 1. The third-order valence-electron chi connectivity index (χ3n) is 5.60. The number of benzene rings is 1. The molecule has 3 heterocycles. The summed E-state index contributed by atoms with van der Waals surface area (Å²) < 4.78 is 7.95. The molecule has 1 fully saturated rings. The van der Waals surface area contributed by atoms with Crippen LogP contribution in [0.2, 0.25) is 25.7 Å². The van der Waals surface area contributed by atoms with E-state index in [1.807, 2.05) is 28.8 Å². The van der Waals surface area contributed by atoms with Crippen molar-refractivity contribution in [2.45, 2.75) is 51.8 Å². The summed E-state index contributed by atoms with van der Waals surface area (Å²) in [7, 11) is -1.17. The van der Waals surface area contributed by atoms with Gasteiger partial charge in [-0.25, -0.2) is 9.97 Å². The molecule has 1 N–H and O–H groups in total. The van der Waals surface area contributed by atoms with Gasteiger partial charge in [-0.1, -0.05) is 31.8 Å². The van der Waals surface area contributed by atoms with Gasteiger partial charge in [0.1, 0.15) is 23.8 Å². The van der Waals surface area contributed by atoms with Crippen molar-refractivity contribution in [1.29, 1.82) is 0 Å². The summed E-state index contributed by atoms with van der Waals surface area (Å²) in [5, 5.41) is 10.7. The molecule has 8 heteroatoms. The normalized spacial score (nSPS) is 14.7. The molecular weight excluding hydrogens is 408 g/mol. The minimum Gasteiger partial charge on any atom is -0.508 e. The maximum Gasteiger partial charge on any atom is 0.222 e. The first kappa shape index (κ1) is 21.5. The van der Waals surface area contributed by atoms with Gasteiger partial charge in [0, 0.05) is 51.5 Å². The fourth-order valence-corrected chi connectivity index (χ4v) is 4.51. The summed E-state index contributed by atoms with van der Waals surface area (Å²) >= 11 is 0. The molecule has 7 nitrogen and oxygen atoms in total. The highest BCUT2D eigenvalue weighted by Crippen LogP contribution is 2.30. The minimum absolute atomic E-state index is 0.145. The summed E-state index contributed by atoms with van der Waals surface area (Å²) in [5.41, 5.74) is 3.08. The number of imidazole rings is 1. The monoisotopic (exact) mass is 438 g/mol. The SMILES string of the molecule is C[Si](C)(C)CCOCn1c(-c2ccc(CN3CCCC3=O)c(O)c2)nc2cccnc21. The second kappa shape index (κ2) is 8.80. The predicted octanol–water partition coefficient (Wildman–Crippen LogP) is 4.24. The number of hydrogen-bond acceptors (Lipinski definition) is 5. The van der Waals surface area contributed by atoms with E-state index in [4.69, 9.17) is 9.72 Å². The molecule has 0 unspecified atom stereocenters. The topological polar surface area (TPSA) is 80.5 Å². The second-order valence-electron chi connectivity index (χ2n) is 9.32. The third-order valence-corrected chi connectivity index (χ3v) is 7.30. The van der Waals surface area contributed by atoms with E-state index in [1.165, 1.54) is 0 Å². The Bertz CT molecular complexity index is 1090. The van der Waals surface area contributed by atoms with E-state index in [2.05, 4.69) is 24.6 Å². The number of hydrogen-bond donors (Lipinski definition) is 1. The van der Waals surface area contributed by atoms with Crippen LogP contribution >= 0.6 is 0 Å². The van der Waals surface area contributed by atoms with Crippen molar-refractivity contribution in [2.75, 3.05) is 13.2 Å². The molecule has 1 aliphatic heterocycles. The number of aromatic hydroxyl groups is 1. The summed E-state index contributed by atoms with van der Waals surface area (Å²) in [6.07, 6.45) is 3.22. The van der Waals surface area contributed by atoms with E-state index < -0.39 is 8.07 Å². The Morgan fingerprint density at radius 1 is 1.23 bits per heavy atom. The lowest BCUT2D eigenvalue weighted by Crippen LogP contribution is -2.23. The van der Waals surface area contributed by atoms with Gasteiger partial charge in [-0.3, -0.25) is 9.36 Å². The molecule has 0 aliphatic carbocycles. The Kier molecular flexibility index (Phi) is 6.11. The van der Waals surface area contributed by atoms with Crippen LogP contribution < -0.4 is 0 Å². The van der Waals surface area contributed by atoms with Gasteiger partial charge < -0.3 is 14.7 Å². The van der Waals surface area contributed by atoms with Gasteiger partial charge in [-0.15, -0.1) is 0 Å². The molecule has 0 radical (unpaired) electrons. The van der Waals surface area contributed by atoms with Crippen molar-refractivity contribution in [3.05, 3.63) is 42.1 Å². The molecule has 0 atom stereocenters. The molecule has 31 heavy (non-hydrogen) atoms. The molecule has 1 aliphatic rings. The van der Waals surface area contributed by atoms with Crippen LogP contribution in [0.15, 0.2) is 36.5 Å². The Morgan fingerprint density at radius 3 is 2.77 bits per heavy atom. The zero-order valence-electron chi connectivity index (χ0n) is 18.5. The highest BCUT2D eigenvalue weighted by Gasteiger charge is 2.22. The van der Waals surface area contributed by atoms with E-state index in [1.54, 1.807) is 17.2 Å². The fraction of sp³-hybridized carbons (Fsp3) is 0.435. The maximum absolute atomic E-state index is 11.9. The Morgan fingerprint density at radius 2 is 2.06 bits per heavy atom. The lowest BCUT2D eigenvalue weighted by atomic mass is 10.1. The number of fused-ring (bicyclic) bond motifs is 1. The largest absolute Gasteiger partial charge is 0.508 e. The van der Waals surface area contributed by atoms with E-state index in [0.717, 1.165) is 41.3 Å². The van der Waals surface area contributed by atoms with Crippen molar-refractivity contribution in [2.24, 2.45) is 0 Å². The first-order chi connectivity index (χ1) is 14.8. The van der Waals surface area contributed by atoms with Gasteiger partial charge in [0.25, 0.3) is 0 Å². The van der Waals surface area contributed by atoms with Gasteiger partial charge >= 0.3 is 0 Å². The molecule has 0 spiro atoms. The van der Waals surface area contributed by atoms with E-state index in [0.29, 0.717) is 32.1 Å². The van der Waals surface area contributed by atoms with Gasteiger partial charge in [-0.2, -0.15) is 0 Å². The van der Waals surface area contributed by atoms with E-state index >= 15 is 0 Å². The molecular formula is C23H30N4O3Si. The quantitative estimate of drug-likeness (QED) is 0.420. The molecule has 0 bridgehead atoms. The highest BCUT2D eigenvalue weighted by molar-refractivity contribution is 6.76. The molecule has 4 rings (SSSR count). The molecule has 3 aromatic rings. The van der Waals surface area contributed by atoms with Gasteiger partial charge in [0.15, 0.2) is 5.65 Å². The number of ether oxygens (including phenoxy) is 1. The second-order valence-corrected chi connectivity index (χ2v) is 14.9. The fourth-order valence-electron chi connectivity index (χ4n) is 3.75. The molecule has 2 aromatic heterocycles. The number of nitrogens with zero attached hydrogens (tertiary/aromatic N) is 4. The van der Waals surface area contributed by atoms with Crippen LogP contribution in [0.4, 0.5) is 0 Å². The summed E-state index contributed by atoms with van der Waals surface area (Å²) in [6.45, 7) is 9.23. The third kappa shape index (κ3) is 4.96. The van der Waals surface area contributed by atoms with Crippen LogP contribution in [0.3, 0.4) is 0 Å². The number of carbonyl (C=O) groups is 1. The number of amides is 1. The summed E-state index contributed by atoms with van der Waals surface area (Å²) in [5.74, 6) is 1.02.